The Balaban J connectivity index is 1.45. The largest absolute Gasteiger partial charge is 0.489 e. The number of ether oxygens (including phenoxy) is 2. The lowest BCUT2D eigenvalue weighted by Gasteiger charge is -2.26. The van der Waals surface area contributed by atoms with Crippen molar-refractivity contribution < 1.29 is 9.47 Å². The van der Waals surface area contributed by atoms with Crippen LogP contribution in [0.3, 0.4) is 0 Å². The second-order valence-electron chi connectivity index (χ2n) is 6.95. The average Bonchev–Trinajstić information content (AvgIpc) is 3.28. The van der Waals surface area contributed by atoms with Crippen molar-refractivity contribution in [2.75, 3.05) is 19.7 Å². The van der Waals surface area contributed by atoms with Gasteiger partial charge in [0, 0.05) is 32.3 Å². The second kappa shape index (κ2) is 7.56. The lowest BCUT2D eigenvalue weighted by molar-refractivity contribution is 0.0609. The number of hydrogen-bond donors (Lipinski definition) is 1. The van der Waals surface area contributed by atoms with E-state index in [9.17, 15) is 0 Å². The summed E-state index contributed by atoms with van der Waals surface area (Å²) in [4.78, 5) is 2.46. The van der Waals surface area contributed by atoms with Crippen LogP contribution in [0.4, 0.5) is 0 Å². The summed E-state index contributed by atoms with van der Waals surface area (Å²) in [6.45, 7) is 4.04. The Hall–Kier alpha value is -1.88. The predicted molar refractivity (Wildman–Crippen MR) is 98.4 cm³/mol. The van der Waals surface area contributed by atoms with E-state index < -0.39 is 0 Å². The molecule has 4 nitrogen and oxygen atoms in total. The zero-order valence-corrected chi connectivity index (χ0v) is 14.6. The van der Waals surface area contributed by atoms with Gasteiger partial charge in [-0.15, -0.1) is 0 Å². The van der Waals surface area contributed by atoms with Crippen molar-refractivity contribution in [1.82, 2.24) is 4.90 Å². The van der Waals surface area contributed by atoms with E-state index in [-0.39, 0.29) is 6.04 Å². The van der Waals surface area contributed by atoms with E-state index in [1.807, 2.05) is 18.2 Å². The van der Waals surface area contributed by atoms with E-state index in [1.165, 1.54) is 23.1 Å². The van der Waals surface area contributed by atoms with Gasteiger partial charge in [0.1, 0.15) is 12.4 Å². The molecule has 1 saturated heterocycles. The van der Waals surface area contributed by atoms with E-state index in [2.05, 4.69) is 35.2 Å². The maximum atomic E-state index is 6.11. The molecular weight excluding hydrogens is 312 g/mol. The Morgan fingerprint density at radius 1 is 1.16 bits per heavy atom. The van der Waals surface area contributed by atoms with Gasteiger partial charge in [0.2, 0.25) is 0 Å². The van der Waals surface area contributed by atoms with Crippen LogP contribution in [0.25, 0.3) is 0 Å². The highest BCUT2D eigenvalue weighted by atomic mass is 16.5. The molecule has 2 N–H and O–H groups in total. The van der Waals surface area contributed by atoms with Gasteiger partial charge >= 0.3 is 0 Å². The predicted octanol–water partition coefficient (Wildman–Crippen LogP) is 3.26. The summed E-state index contributed by atoms with van der Waals surface area (Å²) in [5, 5.41) is 0. The Labute approximate surface area is 149 Å². The van der Waals surface area contributed by atoms with E-state index in [0.29, 0.717) is 19.3 Å². The molecule has 0 aromatic heterocycles. The van der Waals surface area contributed by atoms with E-state index in [0.717, 1.165) is 31.9 Å². The SMILES string of the molecule is NCC1c2cc(OCc3ccccc3)ccc2CN1CC1CCCO1. The van der Waals surface area contributed by atoms with Crippen molar-refractivity contribution in [1.29, 1.82) is 0 Å². The molecule has 2 aromatic carbocycles. The highest BCUT2D eigenvalue weighted by Crippen LogP contribution is 2.36. The standard InChI is InChI=1S/C21H26N2O2/c22-12-21-20-11-18(25-15-16-5-2-1-3-6-16)9-8-17(20)13-23(21)14-19-7-4-10-24-19/h1-3,5-6,8-9,11,19,21H,4,7,10,12-15,22H2. The normalized spacial score (nSPS) is 22.9. The monoisotopic (exact) mass is 338 g/mol. The third-order valence-electron chi connectivity index (χ3n) is 5.22. The Morgan fingerprint density at radius 2 is 2.04 bits per heavy atom. The lowest BCUT2D eigenvalue weighted by atomic mass is 10.0. The van der Waals surface area contributed by atoms with Crippen LogP contribution in [-0.4, -0.2) is 30.7 Å². The number of hydrogen-bond acceptors (Lipinski definition) is 4. The molecule has 2 aliphatic rings. The van der Waals surface area contributed by atoms with Crippen molar-refractivity contribution in [3.63, 3.8) is 0 Å². The average molecular weight is 338 g/mol. The Morgan fingerprint density at radius 3 is 2.80 bits per heavy atom. The first-order chi connectivity index (χ1) is 12.3. The molecule has 2 atom stereocenters. The van der Waals surface area contributed by atoms with Gasteiger partial charge in [-0.05, 0) is 41.7 Å². The van der Waals surface area contributed by atoms with E-state index in [1.54, 1.807) is 0 Å². The highest BCUT2D eigenvalue weighted by Gasteiger charge is 2.32. The van der Waals surface area contributed by atoms with Crippen LogP contribution in [0, 0.1) is 0 Å². The summed E-state index contributed by atoms with van der Waals surface area (Å²) in [6.07, 6.45) is 2.70. The third-order valence-corrected chi connectivity index (χ3v) is 5.22. The topological polar surface area (TPSA) is 47.7 Å². The lowest BCUT2D eigenvalue weighted by Crippen LogP contribution is -2.34. The fourth-order valence-electron chi connectivity index (χ4n) is 3.90. The van der Waals surface area contributed by atoms with Gasteiger partial charge in [-0.25, -0.2) is 0 Å². The van der Waals surface area contributed by atoms with Crippen molar-refractivity contribution in [3.05, 3.63) is 65.2 Å². The molecule has 4 rings (SSSR count). The third kappa shape index (κ3) is 3.71. The van der Waals surface area contributed by atoms with Crippen LogP contribution in [0.15, 0.2) is 48.5 Å². The number of fused-ring (bicyclic) bond motifs is 1. The van der Waals surface area contributed by atoms with Crippen molar-refractivity contribution >= 4 is 0 Å². The van der Waals surface area contributed by atoms with Crippen LogP contribution in [0.5, 0.6) is 5.75 Å². The van der Waals surface area contributed by atoms with E-state index in [4.69, 9.17) is 15.2 Å². The first-order valence-corrected chi connectivity index (χ1v) is 9.19. The molecule has 2 heterocycles. The van der Waals surface area contributed by atoms with Crippen LogP contribution >= 0.6 is 0 Å². The number of benzene rings is 2. The number of nitrogens with two attached hydrogens (primary N) is 1. The highest BCUT2D eigenvalue weighted by molar-refractivity contribution is 5.41. The molecule has 0 amide bonds. The molecule has 2 aliphatic heterocycles. The fourth-order valence-corrected chi connectivity index (χ4v) is 3.90. The summed E-state index contributed by atoms with van der Waals surface area (Å²) in [6, 6.07) is 17.0. The molecule has 25 heavy (non-hydrogen) atoms. The number of rotatable bonds is 6. The summed E-state index contributed by atoms with van der Waals surface area (Å²) in [7, 11) is 0. The molecule has 2 unspecified atom stereocenters. The molecule has 4 heteroatoms. The van der Waals surface area contributed by atoms with Gasteiger partial charge in [-0.2, -0.15) is 0 Å². The van der Waals surface area contributed by atoms with Gasteiger partial charge < -0.3 is 15.2 Å². The first-order valence-electron chi connectivity index (χ1n) is 9.19. The molecule has 1 fully saturated rings. The van der Waals surface area contributed by atoms with E-state index >= 15 is 0 Å². The molecule has 0 saturated carbocycles. The quantitative estimate of drug-likeness (QED) is 0.878. The minimum absolute atomic E-state index is 0.263. The van der Waals surface area contributed by atoms with Gasteiger partial charge in [-0.1, -0.05) is 36.4 Å². The molecule has 2 aromatic rings. The van der Waals surface area contributed by atoms with Crippen LogP contribution in [-0.2, 0) is 17.9 Å². The molecule has 0 spiro atoms. The molecule has 0 aliphatic carbocycles. The fraction of sp³-hybridized carbons (Fsp3) is 0.429. The minimum atomic E-state index is 0.263. The van der Waals surface area contributed by atoms with Crippen molar-refractivity contribution in [3.8, 4) is 5.75 Å². The summed E-state index contributed by atoms with van der Waals surface area (Å²) < 4.78 is 11.8. The van der Waals surface area contributed by atoms with Gasteiger partial charge in [-0.3, -0.25) is 4.90 Å². The van der Waals surface area contributed by atoms with Gasteiger partial charge in [0.15, 0.2) is 0 Å². The van der Waals surface area contributed by atoms with Crippen LogP contribution in [0.1, 0.15) is 35.6 Å². The summed E-state index contributed by atoms with van der Waals surface area (Å²) >= 11 is 0. The van der Waals surface area contributed by atoms with Gasteiger partial charge in [0.25, 0.3) is 0 Å². The zero-order chi connectivity index (χ0) is 17.1. The van der Waals surface area contributed by atoms with Crippen LogP contribution in [0.2, 0.25) is 0 Å². The minimum Gasteiger partial charge on any atom is -0.489 e. The zero-order valence-electron chi connectivity index (χ0n) is 14.6. The second-order valence-corrected chi connectivity index (χ2v) is 6.95. The van der Waals surface area contributed by atoms with Gasteiger partial charge in [0.05, 0.1) is 6.10 Å². The molecular formula is C21H26N2O2. The van der Waals surface area contributed by atoms with Crippen LogP contribution < -0.4 is 10.5 Å². The van der Waals surface area contributed by atoms with Crippen molar-refractivity contribution in [2.24, 2.45) is 5.73 Å². The molecule has 132 valence electrons. The first kappa shape index (κ1) is 16.6. The Bertz CT molecular complexity index is 698. The molecule has 0 radical (unpaired) electrons. The number of nitrogens with zero attached hydrogens (tertiary/aromatic N) is 1. The summed E-state index contributed by atoms with van der Waals surface area (Å²) in [5.74, 6) is 0.917. The van der Waals surface area contributed by atoms with Crippen molar-refractivity contribution in [2.45, 2.75) is 38.1 Å². The smallest absolute Gasteiger partial charge is 0.120 e. The summed E-state index contributed by atoms with van der Waals surface area (Å²) in [5.41, 5.74) is 9.96. The Kier molecular flexibility index (Phi) is 5.02. The maximum absolute atomic E-state index is 6.11. The maximum Gasteiger partial charge on any atom is 0.120 e. The molecule has 0 bridgehead atoms.